The Morgan fingerprint density at radius 3 is 2.69 bits per heavy atom. The monoisotopic (exact) mass is 487 g/mol. The molecule has 7 nitrogen and oxygen atoms in total. The third-order valence-corrected chi connectivity index (χ3v) is 6.66. The molecule has 9 heteroatoms. The lowest BCUT2D eigenvalue weighted by Gasteiger charge is -2.20. The highest BCUT2D eigenvalue weighted by molar-refractivity contribution is 8.27. The van der Waals surface area contributed by atoms with Crippen LogP contribution in [0.1, 0.15) is 22.5 Å². The lowest BCUT2D eigenvalue weighted by molar-refractivity contribution is -0.114. The number of nitrogens with one attached hydrogen (secondary N) is 1. The molecule has 0 atom stereocenters. The van der Waals surface area contributed by atoms with Gasteiger partial charge in [0.1, 0.15) is 23.2 Å². The molecule has 0 saturated heterocycles. The summed E-state index contributed by atoms with van der Waals surface area (Å²) < 4.78 is 21.6. The minimum absolute atomic E-state index is 0.0473. The SMILES string of the molecule is Cc1ccccc1OCC1=NN2C(=N)C(=Cc3cc(C)n(-c4cccc(F)c4)c3C)C(=O)N=C2S1. The Bertz CT molecular complexity index is 1470. The molecule has 1 N–H and O–H groups in total. The number of aryl methyl sites for hydroxylation is 2. The molecule has 0 spiro atoms. The van der Waals surface area contributed by atoms with E-state index in [0.717, 1.165) is 28.3 Å². The number of benzene rings is 2. The van der Waals surface area contributed by atoms with E-state index in [2.05, 4.69) is 10.1 Å². The van der Waals surface area contributed by atoms with E-state index >= 15 is 0 Å². The number of amides is 1. The first-order chi connectivity index (χ1) is 16.8. The maximum atomic E-state index is 13.8. The van der Waals surface area contributed by atoms with Crippen LogP contribution in [0.5, 0.6) is 5.75 Å². The van der Waals surface area contributed by atoms with Crippen LogP contribution in [0.25, 0.3) is 11.8 Å². The smallest absolute Gasteiger partial charge is 0.283 e. The fourth-order valence-corrected chi connectivity index (χ4v) is 4.85. The molecule has 0 aliphatic carbocycles. The molecule has 0 radical (unpaired) electrons. The fraction of sp³-hybridized carbons (Fsp3) is 0.154. The predicted molar refractivity (Wildman–Crippen MR) is 137 cm³/mol. The number of hydrogen-bond acceptors (Lipinski definition) is 5. The normalized spacial score (nSPS) is 16.5. The van der Waals surface area contributed by atoms with Crippen LogP contribution in [-0.2, 0) is 4.79 Å². The minimum Gasteiger partial charge on any atom is -0.486 e. The van der Waals surface area contributed by atoms with Crippen LogP contribution >= 0.6 is 11.8 Å². The largest absolute Gasteiger partial charge is 0.486 e. The standard InChI is InChI=1S/C26H22FN5O2S/c1-15-7-4-5-10-22(15)34-14-23-30-32-24(28)21(25(33)29-26(32)35-23)12-18-11-16(2)31(17(18)3)20-9-6-8-19(27)13-20/h4-13,28H,14H2,1-3H3. The molecule has 1 amide bonds. The molecule has 5 rings (SSSR count). The first kappa shape index (κ1) is 22.8. The van der Waals surface area contributed by atoms with Crippen molar-refractivity contribution in [1.29, 1.82) is 5.41 Å². The van der Waals surface area contributed by atoms with Gasteiger partial charge in [0, 0.05) is 17.1 Å². The molecule has 2 aliphatic heterocycles. The number of aromatic nitrogens is 1. The zero-order valence-corrected chi connectivity index (χ0v) is 20.2. The van der Waals surface area contributed by atoms with Gasteiger partial charge in [0.15, 0.2) is 5.84 Å². The molecule has 3 heterocycles. The zero-order chi connectivity index (χ0) is 24.7. The van der Waals surface area contributed by atoms with Crippen molar-refractivity contribution in [3.63, 3.8) is 0 Å². The second-order valence-electron chi connectivity index (χ2n) is 8.21. The Hall–Kier alpha value is -3.98. The van der Waals surface area contributed by atoms with Gasteiger partial charge in [-0.1, -0.05) is 24.3 Å². The maximum Gasteiger partial charge on any atom is 0.283 e. The van der Waals surface area contributed by atoms with Crippen molar-refractivity contribution in [2.45, 2.75) is 20.8 Å². The van der Waals surface area contributed by atoms with Gasteiger partial charge in [0.2, 0.25) is 5.17 Å². The second-order valence-corrected chi connectivity index (χ2v) is 9.25. The van der Waals surface area contributed by atoms with Crippen molar-refractivity contribution < 1.29 is 13.9 Å². The number of hydrogen-bond donors (Lipinski definition) is 1. The van der Waals surface area contributed by atoms with Gasteiger partial charge in [-0.15, -0.1) is 0 Å². The van der Waals surface area contributed by atoms with Crippen LogP contribution in [0.2, 0.25) is 0 Å². The van der Waals surface area contributed by atoms with Crippen molar-refractivity contribution in [3.05, 3.63) is 88.5 Å². The summed E-state index contributed by atoms with van der Waals surface area (Å²) >= 11 is 1.22. The Morgan fingerprint density at radius 2 is 1.91 bits per heavy atom. The van der Waals surface area contributed by atoms with Crippen molar-refractivity contribution >= 4 is 39.8 Å². The summed E-state index contributed by atoms with van der Waals surface area (Å²) in [5.41, 5.74) is 4.28. The molecule has 2 aromatic carbocycles. The Balaban J connectivity index is 1.41. The maximum absolute atomic E-state index is 13.8. The van der Waals surface area contributed by atoms with Gasteiger partial charge in [-0.2, -0.15) is 15.1 Å². The van der Waals surface area contributed by atoms with Crippen LogP contribution in [0.15, 0.2) is 70.3 Å². The molecule has 1 aromatic heterocycles. The summed E-state index contributed by atoms with van der Waals surface area (Å²) in [6.07, 6.45) is 1.64. The number of thioether (sulfide) groups is 1. The third-order valence-electron chi connectivity index (χ3n) is 5.78. The molecule has 0 fully saturated rings. The number of amidine groups is 2. The van der Waals surface area contributed by atoms with Crippen LogP contribution in [0.3, 0.4) is 0 Å². The Morgan fingerprint density at radius 1 is 1.11 bits per heavy atom. The highest BCUT2D eigenvalue weighted by Crippen LogP contribution is 2.30. The fourth-order valence-electron chi connectivity index (χ4n) is 4.05. The summed E-state index contributed by atoms with van der Waals surface area (Å²) in [4.78, 5) is 17.0. The van der Waals surface area contributed by atoms with Gasteiger partial charge in [0.25, 0.3) is 5.91 Å². The molecule has 176 valence electrons. The topological polar surface area (TPSA) is 83.0 Å². The summed E-state index contributed by atoms with van der Waals surface area (Å²) in [5.74, 6) is -0.120. The summed E-state index contributed by atoms with van der Waals surface area (Å²) in [7, 11) is 0. The predicted octanol–water partition coefficient (Wildman–Crippen LogP) is 5.24. The van der Waals surface area contributed by atoms with Crippen molar-refractivity contribution in [3.8, 4) is 11.4 Å². The number of para-hydroxylation sites is 1. The molecule has 2 aliphatic rings. The van der Waals surface area contributed by atoms with Gasteiger partial charge < -0.3 is 9.30 Å². The number of carbonyl (C=O) groups is 1. The Kier molecular flexibility index (Phi) is 5.86. The number of hydrazone groups is 1. The number of nitrogens with zero attached hydrogens (tertiary/aromatic N) is 4. The van der Waals surface area contributed by atoms with E-state index in [-0.39, 0.29) is 23.8 Å². The van der Waals surface area contributed by atoms with E-state index in [1.54, 1.807) is 12.1 Å². The summed E-state index contributed by atoms with van der Waals surface area (Å²) in [6, 6.07) is 15.9. The van der Waals surface area contributed by atoms with E-state index in [1.165, 1.54) is 28.9 Å². The Labute approximate surface area is 206 Å². The highest BCUT2D eigenvalue weighted by atomic mass is 32.2. The van der Waals surface area contributed by atoms with E-state index in [1.807, 2.05) is 61.7 Å². The summed E-state index contributed by atoms with van der Waals surface area (Å²) in [6.45, 7) is 5.97. The molecule has 0 bridgehead atoms. The quantitative estimate of drug-likeness (QED) is 0.499. The van der Waals surface area contributed by atoms with Crippen LogP contribution in [-0.4, -0.2) is 38.1 Å². The number of halogens is 1. The average Bonchev–Trinajstić information content (AvgIpc) is 3.35. The zero-order valence-electron chi connectivity index (χ0n) is 19.4. The number of rotatable bonds is 5. The number of fused-ring (bicyclic) bond motifs is 1. The number of carbonyl (C=O) groups excluding carboxylic acids is 1. The number of aliphatic imine (C=N–C) groups is 1. The van der Waals surface area contributed by atoms with Gasteiger partial charge in [-0.05, 0) is 80.1 Å². The summed E-state index contributed by atoms with van der Waals surface area (Å²) in [5, 5.41) is 15.4. The molecule has 0 unspecified atom stereocenters. The van der Waals surface area contributed by atoms with E-state index in [0.29, 0.717) is 15.9 Å². The highest BCUT2D eigenvalue weighted by Gasteiger charge is 2.36. The van der Waals surface area contributed by atoms with Crippen molar-refractivity contribution in [1.82, 2.24) is 9.58 Å². The van der Waals surface area contributed by atoms with Crippen LogP contribution in [0.4, 0.5) is 4.39 Å². The molecular formula is C26H22FN5O2S. The minimum atomic E-state index is -0.499. The van der Waals surface area contributed by atoms with Gasteiger partial charge in [-0.3, -0.25) is 10.2 Å². The molecule has 35 heavy (non-hydrogen) atoms. The first-order valence-electron chi connectivity index (χ1n) is 10.9. The molecule has 0 saturated carbocycles. The van der Waals surface area contributed by atoms with Crippen LogP contribution < -0.4 is 4.74 Å². The average molecular weight is 488 g/mol. The first-order valence-corrected chi connectivity index (χ1v) is 11.8. The van der Waals surface area contributed by atoms with Crippen molar-refractivity contribution in [2.75, 3.05) is 6.61 Å². The molecule has 3 aromatic rings. The van der Waals surface area contributed by atoms with E-state index in [9.17, 15) is 9.18 Å². The third kappa shape index (κ3) is 4.30. The van der Waals surface area contributed by atoms with Crippen molar-refractivity contribution in [2.24, 2.45) is 10.1 Å². The van der Waals surface area contributed by atoms with Gasteiger partial charge in [-0.25, -0.2) is 4.39 Å². The lowest BCUT2D eigenvalue weighted by Crippen LogP contribution is -2.35. The van der Waals surface area contributed by atoms with Gasteiger partial charge >= 0.3 is 0 Å². The van der Waals surface area contributed by atoms with E-state index < -0.39 is 5.91 Å². The van der Waals surface area contributed by atoms with Crippen LogP contribution in [0, 0.1) is 32.0 Å². The molecular weight excluding hydrogens is 465 g/mol. The van der Waals surface area contributed by atoms with E-state index in [4.69, 9.17) is 10.1 Å². The lowest BCUT2D eigenvalue weighted by atomic mass is 10.1. The number of ether oxygens (including phenoxy) is 1. The van der Waals surface area contributed by atoms with Gasteiger partial charge in [0.05, 0.1) is 5.57 Å². The second kappa shape index (κ2) is 8.99.